The van der Waals surface area contributed by atoms with Crippen molar-refractivity contribution in [3.63, 3.8) is 0 Å². The Labute approximate surface area is 353 Å². The van der Waals surface area contributed by atoms with Gasteiger partial charge in [-0.1, -0.05) is 16.7 Å². The normalized spacial score (nSPS) is 12.0. The Hall–Kier alpha value is -9.22. The number of tetrazole rings is 2. The van der Waals surface area contributed by atoms with E-state index in [0.717, 1.165) is 19.3 Å². The molecule has 4 aromatic carbocycles. The molecule has 6 N–H and O–H groups in total. The third-order valence-corrected chi connectivity index (χ3v) is 9.64. The van der Waals surface area contributed by atoms with Crippen LogP contribution in [0.4, 0.5) is 22.7 Å². The molecule has 4 heterocycles. The molecule has 1 aliphatic rings. The maximum Gasteiger partial charge on any atom is 0.278 e. The van der Waals surface area contributed by atoms with E-state index >= 15 is 0 Å². The molecule has 0 aliphatic heterocycles. The summed E-state index contributed by atoms with van der Waals surface area (Å²) in [5.41, 5.74) is 4.17. The Bertz CT molecular complexity index is 3090. The van der Waals surface area contributed by atoms with Gasteiger partial charge in [0.05, 0.1) is 45.4 Å². The van der Waals surface area contributed by atoms with E-state index in [1.165, 1.54) is 13.2 Å². The highest BCUT2D eigenvalue weighted by molar-refractivity contribution is 6.13. The third kappa shape index (κ3) is 8.88. The fourth-order valence-electron chi connectivity index (χ4n) is 6.33. The molecule has 1 saturated carbocycles. The van der Waals surface area contributed by atoms with Crippen molar-refractivity contribution in [1.82, 2.24) is 51.6 Å². The summed E-state index contributed by atoms with van der Waals surface area (Å²) in [5.74, 6) is -0.985. The molecule has 0 radical (unpaired) electrons. The van der Waals surface area contributed by atoms with E-state index < -0.39 is 11.8 Å². The van der Waals surface area contributed by atoms with Gasteiger partial charge in [0, 0.05) is 35.5 Å². The molecule has 1 aliphatic carbocycles. The summed E-state index contributed by atoms with van der Waals surface area (Å²) in [5, 5.41) is 65.4. The second kappa shape index (κ2) is 18.0. The van der Waals surface area contributed by atoms with Crippen molar-refractivity contribution in [2.45, 2.75) is 19.3 Å². The summed E-state index contributed by atoms with van der Waals surface area (Å²) in [6, 6.07) is 23.2. The van der Waals surface area contributed by atoms with E-state index in [1.807, 2.05) is 12.1 Å². The number of H-pyrrole nitrogens is 2. The number of hydrogen-bond acceptors (Lipinski definition) is 17. The lowest BCUT2D eigenvalue weighted by atomic mass is 9.85. The molecule has 63 heavy (non-hydrogen) atoms. The number of nitriles is 2. The van der Waals surface area contributed by atoms with Gasteiger partial charge in [0.1, 0.15) is 6.61 Å². The van der Waals surface area contributed by atoms with Crippen LogP contribution >= 0.6 is 0 Å². The van der Waals surface area contributed by atoms with Crippen LogP contribution in [0, 0.1) is 28.6 Å². The second-order valence-corrected chi connectivity index (χ2v) is 13.7. The van der Waals surface area contributed by atoms with Crippen LogP contribution in [-0.2, 0) is 14.3 Å². The van der Waals surface area contributed by atoms with Crippen LogP contribution in [0.15, 0.2) is 81.8 Å². The van der Waals surface area contributed by atoms with Crippen LogP contribution in [-0.4, -0.2) is 88.9 Å². The lowest BCUT2D eigenvalue weighted by Crippen LogP contribution is -2.27. The molecular formula is C40H30N16O7. The molecule has 312 valence electrons. The SMILES string of the molecule is COCC(=O)Nc1ccc2onc(C(=O)Nc3ccc(C#N)cc3-c3nn[nH]n3)c2c1.N#Cc1ccc(NC(=O)c2noc3ccc(NC(=O)C4CCC4)cc23)c(-c2nn[nH]n2)c1. The first kappa shape index (κ1) is 40.6. The first-order valence-electron chi connectivity index (χ1n) is 18.8. The smallest absolute Gasteiger partial charge is 0.278 e. The molecule has 0 bridgehead atoms. The van der Waals surface area contributed by atoms with Crippen molar-refractivity contribution in [3.8, 4) is 34.9 Å². The maximum absolute atomic E-state index is 13.0. The molecule has 4 aromatic heterocycles. The van der Waals surface area contributed by atoms with Gasteiger partial charge >= 0.3 is 0 Å². The summed E-state index contributed by atoms with van der Waals surface area (Å²) in [4.78, 5) is 50.0. The highest BCUT2D eigenvalue weighted by atomic mass is 16.5. The number of carbonyl (C=O) groups excluding carboxylic acids is 4. The Morgan fingerprint density at radius 2 is 1.21 bits per heavy atom. The fourth-order valence-corrected chi connectivity index (χ4v) is 6.33. The molecule has 23 nitrogen and oxygen atoms in total. The number of amides is 4. The van der Waals surface area contributed by atoms with E-state index in [2.05, 4.69) is 72.8 Å². The van der Waals surface area contributed by atoms with E-state index in [1.54, 1.807) is 66.7 Å². The number of nitrogens with one attached hydrogen (secondary N) is 6. The number of aromatic amines is 2. The highest BCUT2D eigenvalue weighted by Crippen LogP contribution is 2.31. The summed E-state index contributed by atoms with van der Waals surface area (Å²) >= 11 is 0. The zero-order valence-electron chi connectivity index (χ0n) is 32.7. The molecule has 0 spiro atoms. The van der Waals surface area contributed by atoms with Crippen molar-refractivity contribution < 1.29 is 33.0 Å². The number of rotatable bonds is 11. The van der Waals surface area contributed by atoms with E-state index in [-0.39, 0.29) is 47.4 Å². The maximum atomic E-state index is 13.0. The minimum absolute atomic E-state index is 0.0151. The van der Waals surface area contributed by atoms with Crippen LogP contribution in [0.5, 0.6) is 0 Å². The number of carbonyl (C=O) groups is 4. The van der Waals surface area contributed by atoms with Gasteiger partial charge < -0.3 is 35.1 Å². The molecule has 0 saturated heterocycles. The number of aromatic nitrogens is 10. The number of ether oxygens (including phenoxy) is 1. The van der Waals surface area contributed by atoms with Gasteiger partial charge in [0.15, 0.2) is 22.6 Å². The second-order valence-electron chi connectivity index (χ2n) is 13.7. The van der Waals surface area contributed by atoms with Crippen LogP contribution in [0.3, 0.4) is 0 Å². The fraction of sp³-hybridized carbons (Fsp3) is 0.150. The summed E-state index contributed by atoms with van der Waals surface area (Å²) in [7, 11) is 1.41. The topological polar surface area (TPSA) is 334 Å². The van der Waals surface area contributed by atoms with Crippen molar-refractivity contribution in [2.24, 2.45) is 5.92 Å². The average Bonchev–Trinajstić information content (AvgIpc) is 4.12. The Balaban J connectivity index is 0.000000173. The monoisotopic (exact) mass is 846 g/mol. The predicted molar refractivity (Wildman–Crippen MR) is 219 cm³/mol. The summed E-state index contributed by atoms with van der Waals surface area (Å²) < 4.78 is 15.3. The lowest BCUT2D eigenvalue weighted by molar-refractivity contribution is -0.122. The number of methoxy groups -OCH3 is 1. The van der Waals surface area contributed by atoms with E-state index in [4.69, 9.17) is 19.0 Å². The van der Waals surface area contributed by atoms with Crippen molar-refractivity contribution in [2.75, 3.05) is 35.0 Å². The van der Waals surface area contributed by atoms with Gasteiger partial charge in [0.25, 0.3) is 11.8 Å². The number of anilines is 4. The Morgan fingerprint density at radius 1 is 0.698 bits per heavy atom. The number of benzene rings is 4. The molecular weight excluding hydrogens is 817 g/mol. The van der Waals surface area contributed by atoms with Crippen LogP contribution in [0.2, 0.25) is 0 Å². The van der Waals surface area contributed by atoms with Gasteiger partial charge in [-0.3, -0.25) is 19.2 Å². The largest absolute Gasteiger partial charge is 0.375 e. The summed E-state index contributed by atoms with van der Waals surface area (Å²) in [6.07, 6.45) is 2.85. The minimum atomic E-state index is -0.562. The Morgan fingerprint density at radius 3 is 1.63 bits per heavy atom. The lowest BCUT2D eigenvalue weighted by Gasteiger charge is -2.24. The molecule has 8 aromatic rings. The summed E-state index contributed by atoms with van der Waals surface area (Å²) in [6.45, 7) is -0.105. The average molecular weight is 847 g/mol. The zero-order valence-corrected chi connectivity index (χ0v) is 32.7. The zero-order chi connectivity index (χ0) is 43.9. The first-order chi connectivity index (χ1) is 30.7. The third-order valence-electron chi connectivity index (χ3n) is 9.64. The van der Waals surface area contributed by atoms with Gasteiger partial charge in [-0.2, -0.15) is 21.0 Å². The van der Waals surface area contributed by atoms with Crippen molar-refractivity contribution in [1.29, 1.82) is 10.5 Å². The minimum Gasteiger partial charge on any atom is -0.375 e. The molecule has 1 fully saturated rings. The van der Waals surface area contributed by atoms with Crippen LogP contribution < -0.4 is 21.3 Å². The van der Waals surface area contributed by atoms with Gasteiger partial charge in [-0.05, 0) is 96.1 Å². The highest BCUT2D eigenvalue weighted by Gasteiger charge is 2.26. The van der Waals surface area contributed by atoms with E-state index in [9.17, 15) is 24.4 Å². The first-order valence-corrected chi connectivity index (χ1v) is 18.8. The molecule has 23 heteroatoms. The Kier molecular flexibility index (Phi) is 11.6. The number of hydrogen-bond donors (Lipinski definition) is 6. The van der Waals surface area contributed by atoms with Crippen LogP contribution in [0.25, 0.3) is 44.7 Å². The number of fused-ring (bicyclic) bond motifs is 2. The van der Waals surface area contributed by atoms with Gasteiger partial charge in [0.2, 0.25) is 23.5 Å². The molecule has 0 unspecified atom stereocenters. The van der Waals surface area contributed by atoms with Crippen molar-refractivity contribution >= 4 is 68.3 Å². The van der Waals surface area contributed by atoms with E-state index in [0.29, 0.717) is 66.9 Å². The van der Waals surface area contributed by atoms with Gasteiger partial charge in [-0.25, -0.2) is 0 Å². The molecule has 9 rings (SSSR count). The quantitative estimate of drug-likeness (QED) is 0.104. The van der Waals surface area contributed by atoms with Gasteiger partial charge in [-0.15, -0.1) is 20.4 Å². The molecule has 4 amide bonds. The standard InChI is InChI=1S/C21H16N8O3.C19H14N8O4/c22-10-11-4-6-16(14(8-11)19-25-28-29-26-19)24-21(31)18-15-9-13(5-7-17(15)32-27-18)23-20(30)12-2-1-3-12;1-30-9-16(28)21-11-3-5-15-13(7-11)17(25-31-15)19(29)22-14-4-2-10(8-20)6-12(14)18-23-26-27-24-18/h4-9,12H,1-3H2,(H,23,30)(H,24,31)(H,25,26,28,29);2-7H,9H2,1H3,(H,21,28)(H,22,29)(H,23,24,26,27). The van der Waals surface area contributed by atoms with Crippen molar-refractivity contribution in [3.05, 3.63) is 95.3 Å². The van der Waals surface area contributed by atoms with Crippen LogP contribution in [0.1, 0.15) is 51.4 Å². The number of nitrogens with zero attached hydrogens (tertiary/aromatic N) is 10. The predicted octanol–water partition coefficient (Wildman–Crippen LogP) is 4.59. The molecule has 0 atom stereocenters.